The van der Waals surface area contributed by atoms with Crippen molar-refractivity contribution in [1.82, 2.24) is 0 Å². The molecule has 3 radical (unpaired) electrons. The third-order valence-electron chi connectivity index (χ3n) is 3.61. The number of benzene rings is 3. The zero-order valence-corrected chi connectivity index (χ0v) is 12.7. The van der Waals surface area contributed by atoms with Gasteiger partial charge in [-0.05, 0) is 12.1 Å². The highest BCUT2D eigenvalue weighted by Gasteiger charge is 2.17. The Bertz CT molecular complexity index is 918. The fraction of sp³-hybridized carbons (Fsp3) is 0. The number of para-hydroxylation sites is 2. The van der Waals surface area contributed by atoms with E-state index in [0.717, 1.165) is 32.5 Å². The predicted octanol–water partition coefficient (Wildman–Crippen LogP) is 3.55. The van der Waals surface area contributed by atoms with Crippen molar-refractivity contribution in [2.75, 3.05) is 0 Å². The van der Waals surface area contributed by atoms with Gasteiger partial charge >= 0.3 is 0 Å². The number of furan rings is 1. The third kappa shape index (κ3) is 2.33. The highest BCUT2D eigenvalue weighted by atomic mass is 31.1. The summed E-state index contributed by atoms with van der Waals surface area (Å²) in [4.78, 5) is 10.7. The molecule has 22 heavy (non-hydrogen) atoms. The first-order valence-corrected chi connectivity index (χ1v) is 8.08. The average molecular weight is 303 g/mol. The van der Waals surface area contributed by atoms with Gasteiger partial charge in [-0.1, -0.05) is 60.7 Å². The molecule has 4 heteroatoms. The molecule has 0 saturated carbocycles. The first kappa shape index (κ1) is 14.8. The quantitative estimate of drug-likeness (QED) is 0.454. The van der Waals surface area contributed by atoms with Crippen LogP contribution in [-0.2, 0) is 0 Å². The normalized spacial score (nSPS) is 12.2. The molecule has 0 spiro atoms. The lowest BCUT2D eigenvalue weighted by Crippen LogP contribution is -2.11. The zero-order valence-electron chi connectivity index (χ0n) is 11.8. The van der Waals surface area contributed by atoms with Crippen molar-refractivity contribution in [3.8, 4) is 0 Å². The second-order valence-electron chi connectivity index (χ2n) is 4.90. The maximum Gasteiger partial charge on any atom is 0.145 e. The summed E-state index contributed by atoms with van der Waals surface area (Å²) in [6.07, 6.45) is 0. The summed E-state index contributed by atoms with van der Waals surface area (Å²) in [6, 6.07) is 23.7. The van der Waals surface area contributed by atoms with E-state index in [4.69, 9.17) is 4.42 Å². The molecule has 105 valence electrons. The molecule has 3 aromatic carbocycles. The van der Waals surface area contributed by atoms with E-state index in [9.17, 15) is 4.89 Å². The highest BCUT2D eigenvalue weighted by Crippen LogP contribution is 2.35. The largest absolute Gasteiger partial charge is 0.455 e. The maximum absolute atomic E-state index is 10.7. The minimum atomic E-state index is -1.40. The summed E-state index contributed by atoms with van der Waals surface area (Å²) in [7, 11) is -1.40. The van der Waals surface area contributed by atoms with Crippen LogP contribution in [0.4, 0.5) is 0 Å². The van der Waals surface area contributed by atoms with Gasteiger partial charge in [0.15, 0.2) is 0 Å². The summed E-state index contributed by atoms with van der Waals surface area (Å²) in [6.45, 7) is 0. The smallest absolute Gasteiger partial charge is 0.145 e. The van der Waals surface area contributed by atoms with Crippen molar-refractivity contribution in [3.63, 3.8) is 0 Å². The molecular weight excluding hydrogens is 290 g/mol. The molecular formula is C18H13BO2P. The summed E-state index contributed by atoms with van der Waals surface area (Å²) in [5, 5.41) is 3.94. The van der Waals surface area contributed by atoms with Crippen molar-refractivity contribution in [1.29, 1.82) is 0 Å². The van der Waals surface area contributed by atoms with Crippen LogP contribution in [0.5, 0.6) is 0 Å². The van der Waals surface area contributed by atoms with Crippen LogP contribution in [-0.4, -0.2) is 13.3 Å². The molecule has 1 aromatic heterocycles. The summed E-state index contributed by atoms with van der Waals surface area (Å²) in [5.41, 5.74) is 1.65. The van der Waals surface area contributed by atoms with Gasteiger partial charge in [0, 0.05) is 29.8 Å². The summed E-state index contributed by atoms with van der Waals surface area (Å²) >= 11 is 0. The van der Waals surface area contributed by atoms with E-state index in [-0.39, 0.29) is 8.41 Å². The molecule has 1 atom stereocenters. The molecule has 4 rings (SSSR count). The number of fused-ring (bicyclic) bond motifs is 3. The summed E-state index contributed by atoms with van der Waals surface area (Å²) < 4.78 is 5.98. The Balaban J connectivity index is 0.00000144. The van der Waals surface area contributed by atoms with Crippen molar-refractivity contribution >= 4 is 49.1 Å². The van der Waals surface area contributed by atoms with Crippen LogP contribution < -0.4 is 10.6 Å². The SMILES string of the molecule is OP(c1ccccc1)c1cccc2c1oc1ccccc12.[B]. The molecule has 2 nitrogen and oxygen atoms in total. The fourth-order valence-electron chi connectivity index (χ4n) is 2.61. The Morgan fingerprint density at radius 1 is 0.727 bits per heavy atom. The van der Waals surface area contributed by atoms with E-state index in [1.807, 2.05) is 72.8 Å². The van der Waals surface area contributed by atoms with E-state index in [1.165, 1.54) is 0 Å². The molecule has 0 aliphatic heterocycles. The summed E-state index contributed by atoms with van der Waals surface area (Å²) in [5.74, 6) is 0. The number of hydrogen-bond donors (Lipinski definition) is 1. The average Bonchev–Trinajstić information content (AvgIpc) is 2.94. The van der Waals surface area contributed by atoms with Gasteiger partial charge in [-0.25, -0.2) is 0 Å². The van der Waals surface area contributed by atoms with E-state index < -0.39 is 8.15 Å². The minimum Gasteiger partial charge on any atom is -0.455 e. The molecule has 4 aromatic rings. The van der Waals surface area contributed by atoms with E-state index in [0.29, 0.717) is 0 Å². The lowest BCUT2D eigenvalue weighted by molar-refractivity contribution is 0.641. The molecule has 0 fully saturated rings. The standard InChI is InChI=1S/C18H13O2P.B/c19-21(13-7-2-1-3-8-13)17-12-6-10-15-14-9-4-5-11-16(14)20-18(15)17;/h1-12,19H;. The highest BCUT2D eigenvalue weighted by molar-refractivity contribution is 7.68. The fourth-order valence-corrected chi connectivity index (χ4v) is 3.93. The van der Waals surface area contributed by atoms with E-state index >= 15 is 0 Å². The van der Waals surface area contributed by atoms with Crippen LogP contribution >= 0.6 is 8.15 Å². The van der Waals surface area contributed by atoms with Gasteiger partial charge in [-0.15, -0.1) is 0 Å². The Morgan fingerprint density at radius 3 is 2.23 bits per heavy atom. The topological polar surface area (TPSA) is 33.4 Å². The van der Waals surface area contributed by atoms with Crippen LogP contribution in [0.1, 0.15) is 0 Å². The van der Waals surface area contributed by atoms with Gasteiger partial charge in [0.25, 0.3) is 0 Å². The monoisotopic (exact) mass is 303 g/mol. The molecule has 0 aliphatic carbocycles. The Kier molecular flexibility index (Phi) is 4.02. The predicted molar refractivity (Wildman–Crippen MR) is 94.3 cm³/mol. The van der Waals surface area contributed by atoms with Gasteiger partial charge in [0.2, 0.25) is 0 Å². The first-order chi connectivity index (χ1) is 10.3. The van der Waals surface area contributed by atoms with Crippen LogP contribution in [0.25, 0.3) is 21.9 Å². The minimum absolute atomic E-state index is 0. The Hall–Kier alpha value is -2.09. The third-order valence-corrected chi connectivity index (χ3v) is 5.21. The van der Waals surface area contributed by atoms with Gasteiger partial charge in [-0.2, -0.15) is 0 Å². The van der Waals surface area contributed by atoms with Crippen LogP contribution in [0.3, 0.4) is 0 Å². The Labute approximate surface area is 131 Å². The van der Waals surface area contributed by atoms with Crippen molar-refractivity contribution in [2.24, 2.45) is 0 Å². The molecule has 0 amide bonds. The van der Waals surface area contributed by atoms with Crippen molar-refractivity contribution in [2.45, 2.75) is 0 Å². The van der Waals surface area contributed by atoms with E-state index in [2.05, 4.69) is 0 Å². The van der Waals surface area contributed by atoms with Gasteiger partial charge in [-0.3, -0.25) is 0 Å². The number of rotatable bonds is 2. The van der Waals surface area contributed by atoms with Crippen LogP contribution in [0, 0.1) is 0 Å². The van der Waals surface area contributed by atoms with Gasteiger partial charge < -0.3 is 9.31 Å². The Morgan fingerprint density at radius 2 is 1.41 bits per heavy atom. The van der Waals surface area contributed by atoms with Crippen molar-refractivity contribution in [3.05, 3.63) is 72.8 Å². The van der Waals surface area contributed by atoms with Gasteiger partial charge in [0.05, 0.1) is 8.15 Å². The van der Waals surface area contributed by atoms with Crippen LogP contribution in [0.2, 0.25) is 0 Å². The first-order valence-electron chi connectivity index (χ1n) is 6.79. The maximum atomic E-state index is 10.7. The molecule has 1 unspecified atom stereocenters. The number of hydrogen-bond acceptors (Lipinski definition) is 2. The van der Waals surface area contributed by atoms with Gasteiger partial charge in [0.1, 0.15) is 11.2 Å². The van der Waals surface area contributed by atoms with E-state index in [1.54, 1.807) is 0 Å². The lowest BCUT2D eigenvalue weighted by Gasteiger charge is -2.11. The van der Waals surface area contributed by atoms with Crippen molar-refractivity contribution < 1.29 is 9.31 Å². The molecule has 0 saturated heterocycles. The van der Waals surface area contributed by atoms with Crippen LogP contribution in [0.15, 0.2) is 77.2 Å². The second-order valence-corrected chi connectivity index (χ2v) is 6.52. The molecule has 0 bridgehead atoms. The second kappa shape index (κ2) is 5.96. The zero-order chi connectivity index (χ0) is 14.2. The lowest BCUT2D eigenvalue weighted by atomic mass is 10.1. The molecule has 1 N–H and O–H groups in total. The molecule has 0 aliphatic rings. The molecule has 1 heterocycles.